The first-order valence-electron chi connectivity index (χ1n) is 14.2. The van der Waals surface area contributed by atoms with E-state index in [-0.39, 0.29) is 21.4 Å². The minimum absolute atomic E-state index is 0.00247. The average Bonchev–Trinajstić information content (AvgIpc) is 3.60. The number of piperidine rings is 1. The van der Waals surface area contributed by atoms with Crippen LogP contribution in [0.15, 0.2) is 46.6 Å². The summed E-state index contributed by atoms with van der Waals surface area (Å²) in [5.41, 5.74) is 0.906. The average molecular weight is 600 g/mol. The summed E-state index contributed by atoms with van der Waals surface area (Å²) < 4.78 is 53.1. The summed E-state index contributed by atoms with van der Waals surface area (Å²) in [4.78, 5) is 15.9. The van der Waals surface area contributed by atoms with E-state index >= 15 is 0 Å². The molecular formula is C30H41N5O4S2. The van der Waals surface area contributed by atoms with Gasteiger partial charge in [-0.1, -0.05) is 47.6 Å². The third-order valence-corrected chi connectivity index (χ3v) is 12.0. The molecule has 1 spiro atoms. The third-order valence-electron chi connectivity index (χ3n) is 7.71. The van der Waals surface area contributed by atoms with Crippen LogP contribution in [0.5, 0.6) is 0 Å². The monoisotopic (exact) mass is 599 g/mol. The smallest absolute Gasteiger partial charge is 0.196 e. The Labute approximate surface area is 244 Å². The lowest BCUT2D eigenvalue weighted by molar-refractivity contribution is 0.385. The van der Waals surface area contributed by atoms with Crippen molar-refractivity contribution in [3.63, 3.8) is 0 Å². The van der Waals surface area contributed by atoms with E-state index in [9.17, 15) is 16.8 Å². The molecule has 0 unspecified atom stereocenters. The summed E-state index contributed by atoms with van der Waals surface area (Å²) in [7, 11) is -7.18. The van der Waals surface area contributed by atoms with E-state index in [1.165, 1.54) is 25.2 Å². The largest absolute Gasteiger partial charge is 0.371 e. The molecule has 2 aliphatic rings. The molecule has 3 aromatic rings. The van der Waals surface area contributed by atoms with Crippen LogP contribution in [-0.4, -0.2) is 56.4 Å². The van der Waals surface area contributed by atoms with Gasteiger partial charge in [-0.25, -0.2) is 31.8 Å². The standard InChI is InChI=1S/C30H41N5O4S2/c1-28(2,3)18-40(36,37)21-16-22-26(23(17-21)35-14-12-30(10-11-30)13-15-35)27(32-20-31-22)34-24-8-7-9-25(33-24)41(38,39)19-29(4,5)6/h7-9,16-17,20H,10-15,18-19H2,1-6H3,(H,31,32,33,34). The van der Waals surface area contributed by atoms with Gasteiger partial charge in [-0.15, -0.1) is 0 Å². The van der Waals surface area contributed by atoms with Gasteiger partial charge in [0.25, 0.3) is 0 Å². The Hall–Kier alpha value is -2.79. The second kappa shape index (κ2) is 10.2. The Balaban J connectivity index is 1.58. The van der Waals surface area contributed by atoms with E-state index in [0.29, 0.717) is 28.0 Å². The zero-order valence-electron chi connectivity index (χ0n) is 24.9. The van der Waals surface area contributed by atoms with Crippen LogP contribution >= 0.6 is 0 Å². The number of nitrogens with zero attached hydrogens (tertiary/aromatic N) is 4. The van der Waals surface area contributed by atoms with Gasteiger partial charge >= 0.3 is 0 Å². The first kappa shape index (κ1) is 29.7. The highest BCUT2D eigenvalue weighted by atomic mass is 32.2. The molecule has 1 aliphatic heterocycles. The topological polar surface area (TPSA) is 122 Å². The zero-order chi connectivity index (χ0) is 29.8. The maximum Gasteiger partial charge on any atom is 0.196 e. The number of pyridine rings is 1. The van der Waals surface area contributed by atoms with Gasteiger partial charge in [0.2, 0.25) is 0 Å². The molecule has 1 aliphatic carbocycles. The zero-order valence-corrected chi connectivity index (χ0v) is 26.5. The van der Waals surface area contributed by atoms with Gasteiger partial charge in [0.15, 0.2) is 24.7 Å². The number of sulfone groups is 2. The predicted octanol–water partition coefficient (Wildman–Crippen LogP) is 5.79. The normalized spacial score (nSPS) is 17.7. The van der Waals surface area contributed by atoms with Crippen molar-refractivity contribution >= 4 is 47.9 Å². The molecule has 3 heterocycles. The van der Waals surface area contributed by atoms with Crippen LogP contribution in [0.4, 0.5) is 17.3 Å². The van der Waals surface area contributed by atoms with Gasteiger partial charge in [0.05, 0.1) is 33.0 Å². The molecule has 2 aromatic heterocycles. The van der Waals surface area contributed by atoms with E-state index in [4.69, 9.17) is 0 Å². The van der Waals surface area contributed by atoms with E-state index in [1.807, 2.05) is 41.5 Å². The van der Waals surface area contributed by atoms with Gasteiger partial charge in [-0.3, -0.25) is 0 Å². The number of rotatable bonds is 7. The van der Waals surface area contributed by atoms with Crippen LogP contribution in [0.25, 0.3) is 10.9 Å². The van der Waals surface area contributed by atoms with Gasteiger partial charge in [0.1, 0.15) is 18.0 Å². The summed E-state index contributed by atoms with van der Waals surface area (Å²) in [5, 5.41) is 3.91. The third kappa shape index (κ3) is 6.83. The summed E-state index contributed by atoms with van der Waals surface area (Å²) in [6, 6.07) is 8.25. The van der Waals surface area contributed by atoms with E-state index in [0.717, 1.165) is 31.6 Å². The molecule has 11 heteroatoms. The Morgan fingerprint density at radius 1 is 0.854 bits per heavy atom. The summed E-state index contributed by atoms with van der Waals surface area (Å²) in [5.74, 6) is 0.781. The van der Waals surface area contributed by atoms with Crippen LogP contribution in [0.3, 0.4) is 0 Å². The molecule has 1 N–H and O–H groups in total. The maximum absolute atomic E-state index is 13.5. The quantitative estimate of drug-likeness (QED) is 0.360. The van der Waals surface area contributed by atoms with Crippen LogP contribution in [0.1, 0.15) is 67.2 Å². The van der Waals surface area contributed by atoms with Crippen molar-refractivity contribution in [2.75, 3.05) is 34.8 Å². The minimum Gasteiger partial charge on any atom is -0.371 e. The number of nitrogens with one attached hydrogen (secondary N) is 1. The Bertz CT molecular complexity index is 1680. The van der Waals surface area contributed by atoms with Crippen molar-refractivity contribution < 1.29 is 16.8 Å². The van der Waals surface area contributed by atoms with E-state index in [2.05, 4.69) is 25.2 Å². The van der Waals surface area contributed by atoms with Crippen LogP contribution < -0.4 is 10.2 Å². The van der Waals surface area contributed by atoms with Crippen molar-refractivity contribution in [1.82, 2.24) is 15.0 Å². The lowest BCUT2D eigenvalue weighted by Gasteiger charge is -2.35. The number of aromatic nitrogens is 3. The SMILES string of the molecule is CC(C)(C)CS(=O)(=O)c1cc(N2CCC3(CC2)CC3)c2c(Nc3cccc(S(=O)(=O)CC(C)(C)C)n3)ncnc2c1. The second-order valence-electron chi connectivity index (χ2n) is 14.2. The maximum atomic E-state index is 13.5. The number of hydrogen-bond donors (Lipinski definition) is 1. The van der Waals surface area contributed by atoms with Crippen molar-refractivity contribution in [1.29, 1.82) is 0 Å². The Morgan fingerprint density at radius 3 is 2.10 bits per heavy atom. The molecule has 1 saturated carbocycles. The highest BCUT2D eigenvalue weighted by Gasteiger charge is 2.44. The van der Waals surface area contributed by atoms with Crippen molar-refractivity contribution in [3.8, 4) is 0 Å². The van der Waals surface area contributed by atoms with E-state index in [1.54, 1.807) is 24.3 Å². The molecule has 41 heavy (non-hydrogen) atoms. The molecule has 0 atom stereocenters. The molecule has 9 nitrogen and oxygen atoms in total. The Kier molecular flexibility index (Phi) is 7.38. The molecule has 0 radical (unpaired) electrons. The summed E-state index contributed by atoms with van der Waals surface area (Å²) in [6.45, 7) is 13.0. The number of fused-ring (bicyclic) bond motifs is 1. The van der Waals surface area contributed by atoms with Gasteiger partial charge in [-0.2, -0.15) is 0 Å². The van der Waals surface area contributed by atoms with Crippen molar-refractivity contribution in [2.45, 2.75) is 77.1 Å². The molecule has 1 saturated heterocycles. The number of anilines is 3. The molecule has 222 valence electrons. The first-order valence-corrected chi connectivity index (χ1v) is 17.5. The predicted molar refractivity (Wildman–Crippen MR) is 163 cm³/mol. The fourth-order valence-corrected chi connectivity index (χ4v) is 9.34. The van der Waals surface area contributed by atoms with Crippen molar-refractivity contribution in [3.05, 3.63) is 36.7 Å². The summed E-state index contributed by atoms with van der Waals surface area (Å²) >= 11 is 0. The van der Waals surface area contributed by atoms with Gasteiger partial charge < -0.3 is 10.2 Å². The summed E-state index contributed by atoms with van der Waals surface area (Å²) in [6.07, 6.45) is 6.05. The molecule has 2 fully saturated rings. The fraction of sp³-hybridized carbons (Fsp3) is 0.567. The minimum atomic E-state index is -3.60. The highest BCUT2D eigenvalue weighted by Crippen LogP contribution is 2.54. The first-order chi connectivity index (χ1) is 19.0. The van der Waals surface area contributed by atoms with E-state index < -0.39 is 30.5 Å². The molecule has 0 amide bonds. The lowest BCUT2D eigenvalue weighted by atomic mass is 9.93. The van der Waals surface area contributed by atoms with Crippen LogP contribution in [-0.2, 0) is 19.7 Å². The molecular weight excluding hydrogens is 558 g/mol. The molecule has 1 aromatic carbocycles. The fourth-order valence-electron chi connectivity index (χ4n) is 5.64. The van der Waals surface area contributed by atoms with Gasteiger partial charge in [-0.05, 0) is 66.2 Å². The molecule has 5 rings (SSSR count). The number of benzene rings is 1. The lowest BCUT2D eigenvalue weighted by Crippen LogP contribution is -2.34. The van der Waals surface area contributed by atoms with Crippen molar-refractivity contribution in [2.24, 2.45) is 16.2 Å². The van der Waals surface area contributed by atoms with Crippen LogP contribution in [0, 0.1) is 16.2 Å². The second-order valence-corrected chi connectivity index (χ2v) is 18.1. The Morgan fingerprint density at radius 2 is 1.49 bits per heavy atom. The molecule has 0 bridgehead atoms. The van der Waals surface area contributed by atoms with Gasteiger partial charge in [0, 0.05) is 13.1 Å². The van der Waals surface area contributed by atoms with Crippen LogP contribution in [0.2, 0.25) is 0 Å². The highest BCUT2D eigenvalue weighted by molar-refractivity contribution is 7.91. The number of hydrogen-bond acceptors (Lipinski definition) is 9.